The van der Waals surface area contributed by atoms with E-state index < -0.39 is 6.67 Å². The molecule has 0 unspecified atom stereocenters. The number of alkyl halides is 1. The van der Waals surface area contributed by atoms with Crippen molar-refractivity contribution in [2.45, 2.75) is 6.67 Å². The maximum absolute atomic E-state index is 11.9. The fourth-order valence-electron chi connectivity index (χ4n) is 0.715. The van der Waals surface area contributed by atoms with Gasteiger partial charge in [-0.15, -0.1) is 0 Å². The minimum Gasteiger partial charge on any atom is -0.497 e. The number of ether oxygens (including phenoxy) is 1. The summed E-state index contributed by atoms with van der Waals surface area (Å²) in [5.41, 5.74) is 0.681. The van der Waals surface area contributed by atoms with Crippen LogP contribution in [0.5, 0.6) is 5.75 Å². The monoisotopic (exact) mass is 140 g/mol. The minimum atomic E-state index is -0.413. The van der Waals surface area contributed by atoms with Gasteiger partial charge in [-0.2, -0.15) is 0 Å². The Balaban J connectivity index is 2.80. The lowest BCUT2D eigenvalue weighted by Gasteiger charge is -1.98. The Morgan fingerprint density at radius 3 is 2.30 bits per heavy atom. The summed E-state index contributed by atoms with van der Waals surface area (Å²) < 4.78 is 16.8. The molecule has 0 N–H and O–H groups in total. The van der Waals surface area contributed by atoms with Crippen LogP contribution in [0.3, 0.4) is 0 Å². The molecule has 0 aliphatic heterocycles. The average Bonchev–Trinajstić information content (AvgIpc) is 2.05. The highest BCUT2D eigenvalue weighted by Gasteiger charge is 1.90. The topological polar surface area (TPSA) is 9.23 Å². The van der Waals surface area contributed by atoms with Crippen LogP contribution in [0.15, 0.2) is 24.3 Å². The Bertz CT molecular complexity index is 170. The molecule has 10 heavy (non-hydrogen) atoms. The molecule has 0 atom stereocenters. The summed E-state index contributed by atoms with van der Waals surface area (Å²) in [6.07, 6.45) is 0. The summed E-state index contributed by atoms with van der Waals surface area (Å²) in [7, 11) is 1.59. The maximum atomic E-state index is 11.9. The minimum absolute atomic E-state index is 0.413. The molecule has 54 valence electrons. The molecule has 0 saturated carbocycles. The van der Waals surface area contributed by atoms with E-state index in [1.54, 1.807) is 31.4 Å². The smallest absolute Gasteiger partial charge is 0.118 e. The zero-order chi connectivity index (χ0) is 7.40. The quantitative estimate of drug-likeness (QED) is 0.611. The Morgan fingerprint density at radius 1 is 1.30 bits per heavy atom. The summed E-state index contributed by atoms with van der Waals surface area (Å²) in [5.74, 6) is 0.761. The molecule has 1 aromatic carbocycles. The Kier molecular flexibility index (Phi) is 2.26. The van der Waals surface area contributed by atoms with Crippen molar-refractivity contribution in [1.82, 2.24) is 0 Å². The van der Waals surface area contributed by atoms with Gasteiger partial charge in [0.1, 0.15) is 12.4 Å². The third kappa shape index (κ3) is 1.47. The highest BCUT2D eigenvalue weighted by atomic mass is 19.1. The van der Waals surface area contributed by atoms with Gasteiger partial charge in [0.05, 0.1) is 7.11 Å². The molecule has 1 nitrogen and oxygen atoms in total. The summed E-state index contributed by atoms with van der Waals surface area (Å²) in [6, 6.07) is 6.90. The van der Waals surface area contributed by atoms with Crippen molar-refractivity contribution in [2.75, 3.05) is 7.11 Å². The lowest BCUT2D eigenvalue weighted by molar-refractivity contribution is 0.414. The Hall–Kier alpha value is -1.05. The number of halogens is 1. The highest BCUT2D eigenvalue weighted by molar-refractivity contribution is 5.26. The number of methoxy groups -OCH3 is 1. The van der Waals surface area contributed by atoms with Crippen LogP contribution in [0.25, 0.3) is 0 Å². The maximum Gasteiger partial charge on any atom is 0.118 e. The first-order valence-corrected chi connectivity index (χ1v) is 3.05. The molecule has 0 heterocycles. The lowest BCUT2D eigenvalue weighted by Crippen LogP contribution is -1.82. The SMILES string of the molecule is COc1ccc(CF)cc1. The van der Waals surface area contributed by atoms with Gasteiger partial charge >= 0.3 is 0 Å². The van der Waals surface area contributed by atoms with E-state index in [0.717, 1.165) is 5.75 Å². The molecular formula is C8H9FO. The van der Waals surface area contributed by atoms with Crippen LogP contribution in [0, 0.1) is 0 Å². The fourth-order valence-corrected chi connectivity index (χ4v) is 0.715. The van der Waals surface area contributed by atoms with Crippen LogP contribution >= 0.6 is 0 Å². The van der Waals surface area contributed by atoms with Crippen LogP contribution in [0.2, 0.25) is 0 Å². The zero-order valence-electron chi connectivity index (χ0n) is 5.80. The molecular weight excluding hydrogens is 131 g/mol. The van der Waals surface area contributed by atoms with Crippen LogP contribution < -0.4 is 4.74 Å². The molecule has 1 aromatic rings. The molecule has 0 fully saturated rings. The summed E-state index contributed by atoms with van der Waals surface area (Å²) in [5, 5.41) is 0. The second-order valence-electron chi connectivity index (χ2n) is 1.98. The van der Waals surface area contributed by atoms with Crippen molar-refractivity contribution in [2.24, 2.45) is 0 Å². The van der Waals surface area contributed by atoms with E-state index in [9.17, 15) is 4.39 Å². The van der Waals surface area contributed by atoms with Crippen molar-refractivity contribution in [1.29, 1.82) is 0 Å². The molecule has 0 saturated heterocycles. The van der Waals surface area contributed by atoms with Gasteiger partial charge in [-0.3, -0.25) is 0 Å². The van der Waals surface area contributed by atoms with Crippen LogP contribution in [-0.2, 0) is 6.67 Å². The van der Waals surface area contributed by atoms with Gasteiger partial charge in [0.15, 0.2) is 0 Å². The van der Waals surface area contributed by atoms with E-state index in [-0.39, 0.29) is 0 Å². The van der Waals surface area contributed by atoms with E-state index in [1.807, 2.05) is 0 Å². The van der Waals surface area contributed by atoms with Gasteiger partial charge in [-0.1, -0.05) is 12.1 Å². The molecule has 0 amide bonds. The zero-order valence-corrected chi connectivity index (χ0v) is 5.80. The van der Waals surface area contributed by atoms with Crippen LogP contribution in [0.4, 0.5) is 4.39 Å². The second-order valence-corrected chi connectivity index (χ2v) is 1.98. The lowest BCUT2D eigenvalue weighted by atomic mass is 10.2. The molecule has 0 aromatic heterocycles. The van der Waals surface area contributed by atoms with Gasteiger partial charge in [0, 0.05) is 0 Å². The largest absolute Gasteiger partial charge is 0.497 e. The van der Waals surface area contributed by atoms with Crippen molar-refractivity contribution >= 4 is 0 Å². The Morgan fingerprint density at radius 2 is 1.90 bits per heavy atom. The van der Waals surface area contributed by atoms with Crippen LogP contribution in [-0.4, -0.2) is 7.11 Å². The second kappa shape index (κ2) is 3.20. The predicted octanol–water partition coefficient (Wildman–Crippen LogP) is 2.16. The van der Waals surface area contributed by atoms with E-state index >= 15 is 0 Å². The third-order valence-electron chi connectivity index (χ3n) is 1.31. The van der Waals surface area contributed by atoms with E-state index in [2.05, 4.69) is 0 Å². The average molecular weight is 140 g/mol. The van der Waals surface area contributed by atoms with E-state index in [4.69, 9.17) is 4.74 Å². The van der Waals surface area contributed by atoms with Crippen LogP contribution in [0.1, 0.15) is 5.56 Å². The molecule has 0 radical (unpaired) electrons. The first-order valence-electron chi connectivity index (χ1n) is 3.05. The number of rotatable bonds is 2. The van der Waals surface area contributed by atoms with Gasteiger partial charge in [0.2, 0.25) is 0 Å². The Labute approximate surface area is 59.4 Å². The normalized spacial score (nSPS) is 9.40. The summed E-state index contributed by atoms with van der Waals surface area (Å²) >= 11 is 0. The summed E-state index contributed by atoms with van der Waals surface area (Å²) in [6.45, 7) is -0.413. The molecule has 0 aliphatic carbocycles. The molecule has 2 heteroatoms. The third-order valence-corrected chi connectivity index (χ3v) is 1.31. The van der Waals surface area contributed by atoms with E-state index in [1.165, 1.54) is 0 Å². The standard InChI is InChI=1S/C8H9FO/c1-10-8-4-2-7(6-9)3-5-8/h2-5H,6H2,1H3. The van der Waals surface area contributed by atoms with Gasteiger partial charge in [0.25, 0.3) is 0 Å². The van der Waals surface area contributed by atoms with Crippen molar-refractivity contribution < 1.29 is 9.13 Å². The fraction of sp³-hybridized carbons (Fsp3) is 0.250. The first kappa shape index (κ1) is 7.06. The first-order chi connectivity index (χ1) is 4.86. The highest BCUT2D eigenvalue weighted by Crippen LogP contribution is 2.11. The van der Waals surface area contributed by atoms with Crippen molar-refractivity contribution in [3.05, 3.63) is 29.8 Å². The van der Waals surface area contributed by atoms with Crippen molar-refractivity contribution in [3.8, 4) is 5.75 Å². The predicted molar refractivity (Wildman–Crippen MR) is 37.8 cm³/mol. The molecule has 0 spiro atoms. The number of hydrogen-bond donors (Lipinski definition) is 0. The van der Waals surface area contributed by atoms with E-state index in [0.29, 0.717) is 5.56 Å². The van der Waals surface area contributed by atoms with Gasteiger partial charge < -0.3 is 4.74 Å². The number of benzene rings is 1. The summed E-state index contributed by atoms with van der Waals surface area (Å²) in [4.78, 5) is 0. The number of hydrogen-bond acceptors (Lipinski definition) is 1. The molecule has 0 aliphatic rings. The molecule has 1 rings (SSSR count). The molecule has 0 bridgehead atoms. The van der Waals surface area contributed by atoms with Gasteiger partial charge in [-0.05, 0) is 17.7 Å². The van der Waals surface area contributed by atoms with Crippen molar-refractivity contribution in [3.63, 3.8) is 0 Å². The van der Waals surface area contributed by atoms with Gasteiger partial charge in [-0.25, -0.2) is 4.39 Å².